The summed E-state index contributed by atoms with van der Waals surface area (Å²) in [5.41, 5.74) is 6.31. The van der Waals surface area contributed by atoms with Crippen LogP contribution in [0.2, 0.25) is 0 Å². The molecule has 8 heterocycles. The Bertz CT molecular complexity index is 3000. The number of ether oxygens (including phenoxy) is 2. The largest absolute Gasteiger partial charge is 0.493 e. The van der Waals surface area contributed by atoms with E-state index in [2.05, 4.69) is 66.9 Å². The average molecular weight is 978 g/mol. The third-order valence-electron chi connectivity index (χ3n) is 10.7. The van der Waals surface area contributed by atoms with Crippen molar-refractivity contribution in [3.8, 4) is 45.7 Å². The fourth-order valence-electron chi connectivity index (χ4n) is 7.08. The van der Waals surface area contributed by atoms with Crippen molar-refractivity contribution < 1.29 is 29.1 Å². The van der Waals surface area contributed by atoms with Gasteiger partial charge in [-0.3, -0.25) is 19.6 Å². The van der Waals surface area contributed by atoms with Gasteiger partial charge in [0.25, 0.3) is 11.8 Å². The molecule has 2 aliphatic rings. The maximum atomic E-state index is 13.2. The maximum Gasteiger partial charge on any atom is 0.490 e. The number of nitrogens with one attached hydrogen (secondary N) is 2. The van der Waals surface area contributed by atoms with E-state index in [4.69, 9.17) is 19.5 Å². The molecule has 20 heteroatoms. The Morgan fingerprint density at radius 2 is 1.15 bits per heavy atom. The van der Waals surface area contributed by atoms with Crippen molar-refractivity contribution in [1.29, 1.82) is 0 Å². The van der Waals surface area contributed by atoms with Crippen molar-refractivity contribution in [3.05, 3.63) is 149 Å². The van der Waals surface area contributed by atoms with E-state index in [0.29, 0.717) is 76.0 Å². The molecule has 4 N–H and O–H groups in total. The van der Waals surface area contributed by atoms with Gasteiger partial charge in [0, 0.05) is 52.4 Å². The lowest BCUT2D eigenvalue weighted by molar-refractivity contribution is 0.101. The number of carbonyl (C=O) groups excluding carboxylic acids is 2. The molecule has 0 atom stereocenters. The van der Waals surface area contributed by atoms with Crippen LogP contribution in [0, 0.1) is 13.8 Å². The van der Waals surface area contributed by atoms with Gasteiger partial charge in [-0.05, 0) is 112 Å². The van der Waals surface area contributed by atoms with E-state index in [1.54, 1.807) is 55.2 Å². The minimum atomic E-state index is -1.41. The Kier molecular flexibility index (Phi) is 15.3. The summed E-state index contributed by atoms with van der Waals surface area (Å²) in [7, 11) is -1.41. The number of nitrogens with zero attached hydrogens (tertiary/aromatic N) is 10. The third-order valence-corrected chi connectivity index (χ3v) is 11.2. The Hall–Kier alpha value is -7.68. The molecule has 0 radical (unpaired) electrons. The number of hydrogen-bond acceptors (Lipinski definition) is 14. The van der Waals surface area contributed by atoms with Gasteiger partial charge in [-0.1, -0.05) is 46.3 Å². The molecule has 4 bridgehead atoms. The maximum absolute atomic E-state index is 13.2. The predicted octanol–water partition coefficient (Wildman–Crippen LogP) is 6.73. The van der Waals surface area contributed by atoms with E-state index >= 15 is 0 Å². The molecule has 18 nitrogen and oxygen atoms in total. The molecule has 8 aromatic rings. The number of aromatic nitrogens is 10. The fourth-order valence-corrected chi connectivity index (χ4v) is 7.44. The van der Waals surface area contributed by atoms with Crippen molar-refractivity contribution in [2.45, 2.75) is 52.6 Å². The lowest BCUT2D eigenvalue weighted by Crippen LogP contribution is -2.29. The molecule has 0 saturated heterocycles. The second-order valence-corrected chi connectivity index (χ2v) is 16.6. The quantitative estimate of drug-likeness (QED) is 0.132. The van der Waals surface area contributed by atoms with Crippen molar-refractivity contribution in [2.24, 2.45) is 0 Å². The molecular formula is C48H46BBrN12O6. The third kappa shape index (κ3) is 12.0. The molecule has 0 fully saturated rings. The molecule has 0 aliphatic carbocycles. The first-order valence-electron chi connectivity index (χ1n) is 21.8. The summed E-state index contributed by atoms with van der Waals surface area (Å²) in [4.78, 5) is 43.3. The summed E-state index contributed by atoms with van der Waals surface area (Å²) < 4.78 is 16.6. The van der Waals surface area contributed by atoms with E-state index in [1.165, 1.54) is 6.20 Å². The molecule has 0 spiro atoms. The number of anilines is 2. The minimum Gasteiger partial charge on any atom is -0.493 e. The number of halogens is 1. The van der Waals surface area contributed by atoms with Gasteiger partial charge < -0.3 is 39.3 Å². The Morgan fingerprint density at radius 1 is 0.618 bits per heavy atom. The van der Waals surface area contributed by atoms with Crippen LogP contribution < -0.4 is 25.6 Å². The first kappa shape index (κ1) is 46.8. The molecule has 0 unspecified atom stereocenters. The Balaban J connectivity index is 0.000000155. The summed E-state index contributed by atoms with van der Waals surface area (Å²) in [6, 6.07) is 29.2. The lowest BCUT2D eigenvalue weighted by atomic mass is 9.82. The molecular weight excluding hydrogens is 931 g/mol. The monoisotopic (exact) mass is 976 g/mol. The molecule has 344 valence electrons. The van der Waals surface area contributed by atoms with Gasteiger partial charge >= 0.3 is 7.12 Å². The van der Waals surface area contributed by atoms with Gasteiger partial charge in [-0.2, -0.15) is 0 Å². The highest BCUT2D eigenvalue weighted by atomic mass is 79.9. The lowest BCUT2D eigenvalue weighted by Gasteiger charge is -2.15. The highest BCUT2D eigenvalue weighted by Crippen LogP contribution is 2.29. The van der Waals surface area contributed by atoms with Crippen LogP contribution in [0.15, 0.2) is 127 Å². The molecule has 2 aliphatic heterocycles. The number of fused-ring (bicyclic) bond motifs is 10. The number of hydrogen-bond donors (Lipinski definition) is 4. The van der Waals surface area contributed by atoms with Crippen LogP contribution in [0.3, 0.4) is 0 Å². The standard InChI is InChI=1S/C24H22N6O2.C18H16BrN5O2.C6H8BNO2/c1-16-7-8-18(14-25-16)17-9-10-21-19(13-17)24(31)28-22-6-4-5-20(27-22)23-29-26-15-30(23)11-2-3-12-32-21;19-12-6-7-15-13(10-12)18(25)22-16-5-3-4-14(21-16)17-23-20-11-24(17)8-1-2-9-26-15;1-5-2-3-6(4-8-5)7(9)10/h4-10,13-15H,2-3,11-12H2,1H3,(H,27,28,31);3-7,10-11H,1-2,8-9H2,(H,21,22,25);2-4,9-10H,1H3. The molecule has 10 rings (SSSR count). The zero-order valence-corrected chi connectivity index (χ0v) is 38.7. The Labute approximate surface area is 400 Å². The van der Waals surface area contributed by atoms with Gasteiger partial charge in [-0.15, -0.1) is 20.4 Å². The van der Waals surface area contributed by atoms with E-state index in [-0.39, 0.29) is 11.8 Å². The number of amides is 2. The number of pyridine rings is 4. The molecule has 68 heavy (non-hydrogen) atoms. The zero-order chi connectivity index (χ0) is 47.4. The first-order chi connectivity index (χ1) is 33.1. The summed E-state index contributed by atoms with van der Waals surface area (Å²) in [5, 5.41) is 39.4. The van der Waals surface area contributed by atoms with Crippen LogP contribution in [0.5, 0.6) is 11.5 Å². The van der Waals surface area contributed by atoms with Crippen LogP contribution in [0.4, 0.5) is 11.6 Å². The van der Waals surface area contributed by atoms with Gasteiger partial charge in [0.1, 0.15) is 47.2 Å². The molecule has 2 amide bonds. The fraction of sp³-hybridized carbons (Fsp3) is 0.208. The summed E-state index contributed by atoms with van der Waals surface area (Å²) in [6.45, 7) is 6.36. The van der Waals surface area contributed by atoms with E-state index in [0.717, 1.165) is 65.8 Å². The van der Waals surface area contributed by atoms with Gasteiger partial charge in [0.2, 0.25) is 0 Å². The topological polar surface area (TPSA) is 230 Å². The average Bonchev–Trinajstić information content (AvgIpc) is 4.02. The molecule has 6 aromatic heterocycles. The SMILES string of the molecule is Cc1ccc(-c2ccc3c(c2)C(=O)Nc2cccc(n2)-c2nncn2CCCCO3)cn1.Cc1ccc(B(O)O)cn1.O=C1Nc2cccc(n2)-c2nncn2CCCCOc2ccc(Br)cc21. The van der Waals surface area contributed by atoms with E-state index in [9.17, 15) is 9.59 Å². The van der Waals surface area contributed by atoms with Crippen molar-refractivity contribution in [2.75, 3.05) is 23.8 Å². The number of rotatable bonds is 2. The zero-order valence-electron chi connectivity index (χ0n) is 37.2. The molecule has 0 saturated carbocycles. The van der Waals surface area contributed by atoms with Crippen LogP contribution in [-0.4, -0.2) is 91.7 Å². The number of aryl methyl sites for hydroxylation is 4. The smallest absolute Gasteiger partial charge is 0.490 e. The number of benzene rings is 2. The van der Waals surface area contributed by atoms with Crippen LogP contribution in [0.1, 0.15) is 57.8 Å². The first-order valence-corrected chi connectivity index (χ1v) is 22.6. The van der Waals surface area contributed by atoms with E-state index < -0.39 is 7.12 Å². The second-order valence-electron chi connectivity index (χ2n) is 15.7. The van der Waals surface area contributed by atoms with Gasteiger partial charge in [0.15, 0.2) is 11.6 Å². The van der Waals surface area contributed by atoms with Gasteiger partial charge in [-0.25, -0.2) is 9.97 Å². The highest BCUT2D eigenvalue weighted by Gasteiger charge is 2.19. The summed E-state index contributed by atoms with van der Waals surface area (Å²) in [6.07, 6.45) is 10.1. The normalized spacial score (nSPS) is 13.4. The van der Waals surface area contributed by atoms with Crippen LogP contribution in [-0.2, 0) is 13.1 Å². The predicted molar refractivity (Wildman–Crippen MR) is 259 cm³/mol. The summed E-state index contributed by atoms with van der Waals surface area (Å²) in [5.74, 6) is 2.79. The van der Waals surface area contributed by atoms with Crippen LogP contribution in [0.25, 0.3) is 34.2 Å². The molecule has 2 aromatic carbocycles. The Morgan fingerprint density at radius 3 is 1.68 bits per heavy atom. The van der Waals surface area contributed by atoms with Crippen molar-refractivity contribution in [3.63, 3.8) is 0 Å². The second kappa shape index (κ2) is 22.2. The van der Waals surface area contributed by atoms with Crippen LogP contribution >= 0.6 is 15.9 Å². The number of carbonyl (C=O) groups is 2. The van der Waals surface area contributed by atoms with Crippen molar-refractivity contribution >= 4 is 52.0 Å². The van der Waals surface area contributed by atoms with Gasteiger partial charge in [0.05, 0.1) is 24.3 Å². The summed E-state index contributed by atoms with van der Waals surface area (Å²) >= 11 is 3.41. The highest BCUT2D eigenvalue weighted by molar-refractivity contribution is 9.10. The minimum absolute atomic E-state index is 0.274. The van der Waals surface area contributed by atoms with Crippen molar-refractivity contribution in [1.82, 2.24) is 49.5 Å². The van der Waals surface area contributed by atoms with E-state index in [1.807, 2.05) is 83.6 Å².